The smallest absolute Gasteiger partial charge is 0.417 e. The second kappa shape index (κ2) is 10.8. The van der Waals surface area contributed by atoms with Crippen molar-refractivity contribution in [2.75, 3.05) is 6.54 Å². The van der Waals surface area contributed by atoms with Crippen molar-refractivity contribution in [3.63, 3.8) is 0 Å². The van der Waals surface area contributed by atoms with Gasteiger partial charge in [-0.05, 0) is 56.5 Å². The van der Waals surface area contributed by atoms with Gasteiger partial charge in [-0.1, -0.05) is 0 Å². The summed E-state index contributed by atoms with van der Waals surface area (Å²) in [4.78, 5) is 18.3. The van der Waals surface area contributed by atoms with Crippen LogP contribution in [0.2, 0.25) is 0 Å². The maximum Gasteiger partial charge on any atom is 0.417 e. The first-order valence-electron chi connectivity index (χ1n) is 9.13. The van der Waals surface area contributed by atoms with Gasteiger partial charge in [0.1, 0.15) is 5.75 Å². The molecule has 0 bridgehead atoms. The summed E-state index contributed by atoms with van der Waals surface area (Å²) in [7, 11) is 0. The van der Waals surface area contributed by atoms with Gasteiger partial charge in [0.15, 0.2) is 0 Å². The Hall–Kier alpha value is -2.03. The summed E-state index contributed by atoms with van der Waals surface area (Å²) in [5.74, 6) is 0.340. The number of nitrogens with zero attached hydrogens (tertiary/aromatic N) is 2. The second-order valence-electron chi connectivity index (χ2n) is 6.93. The van der Waals surface area contributed by atoms with Gasteiger partial charge in [-0.3, -0.25) is 4.79 Å². The minimum absolute atomic E-state index is 0. The van der Waals surface area contributed by atoms with Crippen molar-refractivity contribution in [2.45, 2.75) is 44.4 Å². The van der Waals surface area contributed by atoms with Crippen LogP contribution in [0.15, 0.2) is 42.6 Å². The van der Waals surface area contributed by atoms with Gasteiger partial charge >= 0.3 is 6.18 Å². The highest BCUT2D eigenvalue weighted by atomic mass is 35.5. The largest absolute Gasteiger partial charge is 0.439 e. The van der Waals surface area contributed by atoms with Crippen LogP contribution in [0.3, 0.4) is 0 Å². The number of pyridine rings is 1. The third-order valence-corrected chi connectivity index (χ3v) is 4.80. The molecule has 2 N–H and O–H groups in total. The van der Waals surface area contributed by atoms with Crippen molar-refractivity contribution >= 4 is 30.7 Å². The molecule has 0 saturated carbocycles. The molecule has 3 rings (SSSR count). The van der Waals surface area contributed by atoms with Gasteiger partial charge in [0.2, 0.25) is 5.88 Å². The molecule has 1 aliphatic heterocycles. The van der Waals surface area contributed by atoms with Crippen molar-refractivity contribution in [3.05, 3.63) is 53.7 Å². The second-order valence-corrected chi connectivity index (χ2v) is 6.93. The Morgan fingerprint density at radius 3 is 2.37 bits per heavy atom. The van der Waals surface area contributed by atoms with E-state index in [0.29, 0.717) is 17.9 Å². The number of likely N-dealkylation sites (tertiary alicyclic amines) is 1. The Bertz CT molecular complexity index is 816. The zero-order valence-corrected chi connectivity index (χ0v) is 17.9. The van der Waals surface area contributed by atoms with Gasteiger partial charge in [0.05, 0.1) is 5.56 Å². The number of ether oxygens (including phenoxy) is 1. The zero-order chi connectivity index (χ0) is 20.3. The lowest BCUT2D eigenvalue weighted by Crippen LogP contribution is -2.51. The molecule has 2 aromatic rings. The molecule has 2 atom stereocenters. The van der Waals surface area contributed by atoms with Crippen LogP contribution in [-0.2, 0) is 6.18 Å². The number of rotatable bonds is 4. The fourth-order valence-corrected chi connectivity index (χ4v) is 3.32. The summed E-state index contributed by atoms with van der Waals surface area (Å²) in [6.07, 6.45) is -0.818. The van der Waals surface area contributed by atoms with Crippen LogP contribution in [0.4, 0.5) is 13.2 Å². The molecule has 166 valence electrons. The van der Waals surface area contributed by atoms with Crippen LogP contribution >= 0.6 is 24.8 Å². The summed E-state index contributed by atoms with van der Waals surface area (Å²) >= 11 is 0. The summed E-state index contributed by atoms with van der Waals surface area (Å²) < 4.78 is 43.2. The normalized spacial score (nSPS) is 17.4. The number of hydrogen-bond acceptors (Lipinski definition) is 4. The van der Waals surface area contributed by atoms with Gasteiger partial charge in [0, 0.05) is 36.5 Å². The summed E-state index contributed by atoms with van der Waals surface area (Å²) in [5.41, 5.74) is 5.70. The molecule has 0 spiro atoms. The molecular weight excluding hydrogens is 442 g/mol. The number of carbonyl (C=O) groups excluding carboxylic acids is 1. The van der Waals surface area contributed by atoms with E-state index in [9.17, 15) is 18.0 Å². The molecule has 1 aromatic carbocycles. The van der Waals surface area contributed by atoms with E-state index in [1.807, 2.05) is 11.8 Å². The molecule has 30 heavy (non-hydrogen) atoms. The Kier molecular flexibility index (Phi) is 9.39. The number of benzene rings is 1. The highest BCUT2D eigenvalue weighted by molar-refractivity contribution is 5.94. The lowest BCUT2D eigenvalue weighted by Gasteiger charge is -2.38. The Morgan fingerprint density at radius 1 is 1.17 bits per heavy atom. The van der Waals surface area contributed by atoms with Gasteiger partial charge in [0.25, 0.3) is 5.91 Å². The average molecular weight is 466 g/mol. The van der Waals surface area contributed by atoms with Gasteiger partial charge in [-0.25, -0.2) is 4.98 Å². The van der Waals surface area contributed by atoms with E-state index in [1.165, 1.54) is 0 Å². The van der Waals surface area contributed by atoms with Crippen molar-refractivity contribution in [2.24, 2.45) is 5.73 Å². The molecule has 1 saturated heterocycles. The summed E-state index contributed by atoms with van der Waals surface area (Å²) in [6.45, 7) is 2.59. The van der Waals surface area contributed by atoms with Crippen LogP contribution in [0, 0.1) is 0 Å². The molecule has 1 amide bonds. The topological polar surface area (TPSA) is 68.5 Å². The minimum atomic E-state index is -4.44. The summed E-state index contributed by atoms with van der Waals surface area (Å²) in [5, 5.41) is 0. The molecule has 5 nitrogen and oxygen atoms in total. The standard InChI is InChI=1S/C20H22F3N3O2.2ClH/c1-13(24)17-4-2-3-11-26(17)19(27)14-5-8-16(9-6-14)28-18-10-7-15(12-25-18)20(21,22)23;;/h5-10,12-13,17H,2-4,11,24H2,1H3;2*1H. The third kappa shape index (κ3) is 6.23. The van der Waals surface area contributed by atoms with E-state index in [0.717, 1.165) is 37.6 Å². The number of aromatic nitrogens is 1. The monoisotopic (exact) mass is 465 g/mol. The molecule has 0 radical (unpaired) electrons. The number of piperidine rings is 1. The molecule has 2 heterocycles. The molecule has 10 heteroatoms. The van der Waals surface area contributed by atoms with Crippen LogP contribution in [0.1, 0.15) is 42.1 Å². The van der Waals surface area contributed by atoms with E-state index in [2.05, 4.69) is 4.98 Å². The first kappa shape index (κ1) is 26.0. The molecule has 1 aromatic heterocycles. The predicted molar refractivity (Wildman–Crippen MR) is 113 cm³/mol. The van der Waals surface area contributed by atoms with Crippen molar-refractivity contribution < 1.29 is 22.7 Å². The number of nitrogens with two attached hydrogens (primary N) is 1. The van der Waals surface area contributed by atoms with E-state index in [-0.39, 0.29) is 48.7 Å². The van der Waals surface area contributed by atoms with E-state index >= 15 is 0 Å². The van der Waals surface area contributed by atoms with Crippen LogP contribution in [-0.4, -0.2) is 34.4 Å². The van der Waals surface area contributed by atoms with E-state index in [1.54, 1.807) is 24.3 Å². The fraction of sp³-hybridized carbons (Fsp3) is 0.400. The molecule has 1 aliphatic rings. The highest BCUT2D eigenvalue weighted by Gasteiger charge is 2.31. The zero-order valence-electron chi connectivity index (χ0n) is 16.3. The predicted octanol–water partition coefficient (Wildman–Crippen LogP) is 5.08. The number of alkyl halides is 3. The Balaban J connectivity index is 0.00000225. The lowest BCUT2D eigenvalue weighted by atomic mass is 9.96. The Labute approximate surface area is 185 Å². The number of hydrogen-bond donors (Lipinski definition) is 1. The lowest BCUT2D eigenvalue weighted by molar-refractivity contribution is -0.137. The first-order chi connectivity index (χ1) is 13.3. The van der Waals surface area contributed by atoms with Crippen LogP contribution in [0.25, 0.3) is 0 Å². The van der Waals surface area contributed by atoms with Crippen LogP contribution in [0.5, 0.6) is 11.6 Å². The van der Waals surface area contributed by atoms with Crippen molar-refractivity contribution in [1.82, 2.24) is 9.88 Å². The van der Waals surface area contributed by atoms with Gasteiger partial charge < -0.3 is 15.4 Å². The summed E-state index contributed by atoms with van der Waals surface area (Å²) in [6, 6.07) is 8.44. The molecule has 0 aliphatic carbocycles. The minimum Gasteiger partial charge on any atom is -0.439 e. The average Bonchev–Trinajstić information content (AvgIpc) is 2.68. The Morgan fingerprint density at radius 2 is 1.83 bits per heavy atom. The van der Waals surface area contributed by atoms with Crippen molar-refractivity contribution in [1.29, 1.82) is 0 Å². The number of carbonyl (C=O) groups is 1. The third-order valence-electron chi connectivity index (χ3n) is 4.80. The molecule has 1 fully saturated rings. The first-order valence-corrected chi connectivity index (χ1v) is 9.13. The number of halogens is 5. The fourth-order valence-electron chi connectivity index (χ4n) is 3.32. The number of amides is 1. The quantitative estimate of drug-likeness (QED) is 0.683. The highest BCUT2D eigenvalue weighted by Crippen LogP contribution is 2.30. The molecular formula is C20H24Cl2F3N3O2. The molecule has 2 unspecified atom stereocenters. The van der Waals surface area contributed by atoms with Crippen molar-refractivity contribution in [3.8, 4) is 11.6 Å². The van der Waals surface area contributed by atoms with Gasteiger partial charge in [-0.2, -0.15) is 13.2 Å². The van der Waals surface area contributed by atoms with E-state index < -0.39 is 11.7 Å². The van der Waals surface area contributed by atoms with Crippen LogP contribution < -0.4 is 10.5 Å². The SMILES string of the molecule is CC(N)C1CCCCN1C(=O)c1ccc(Oc2ccc(C(F)(F)F)cn2)cc1.Cl.Cl. The van der Waals surface area contributed by atoms with Gasteiger partial charge in [-0.15, -0.1) is 24.8 Å². The maximum atomic E-state index is 12.8. The maximum absolute atomic E-state index is 12.8. The van der Waals surface area contributed by atoms with E-state index in [4.69, 9.17) is 10.5 Å².